The summed E-state index contributed by atoms with van der Waals surface area (Å²) in [4.78, 5) is 0. The molecule has 32 heavy (non-hydrogen) atoms. The maximum Gasteiger partial charge on any atom is 0.160 e. The lowest BCUT2D eigenvalue weighted by molar-refractivity contribution is -0.0830. The molecule has 0 amide bonds. The van der Waals surface area contributed by atoms with Crippen molar-refractivity contribution >= 4 is 11.6 Å². The summed E-state index contributed by atoms with van der Waals surface area (Å²) in [6.45, 7) is 7.22. The normalized spacial score (nSPS) is 18.8. The summed E-state index contributed by atoms with van der Waals surface area (Å²) < 4.78 is 16.7. The Morgan fingerprint density at radius 3 is 2.59 bits per heavy atom. The molecule has 0 aromatic heterocycles. The first-order valence-corrected chi connectivity index (χ1v) is 12.1. The van der Waals surface area contributed by atoms with Crippen molar-refractivity contribution in [1.82, 2.24) is 5.32 Å². The van der Waals surface area contributed by atoms with E-state index < -0.39 is 0 Å². The summed E-state index contributed by atoms with van der Waals surface area (Å²) in [5.41, 5.74) is 2.46. The number of hydrogen-bond donors (Lipinski definition) is 1. The van der Waals surface area contributed by atoms with Crippen molar-refractivity contribution < 1.29 is 14.2 Å². The Kier molecular flexibility index (Phi) is 9.27. The smallest absolute Gasteiger partial charge is 0.160 e. The molecule has 3 rings (SSSR count). The number of methoxy groups -OCH3 is 2. The van der Waals surface area contributed by atoms with Crippen LogP contribution in [0, 0.1) is 11.8 Å². The lowest BCUT2D eigenvalue weighted by Crippen LogP contribution is -2.38. The fourth-order valence-corrected chi connectivity index (χ4v) is 5.03. The lowest BCUT2D eigenvalue weighted by Gasteiger charge is -2.39. The Balaban J connectivity index is 1.55. The van der Waals surface area contributed by atoms with Gasteiger partial charge in [-0.2, -0.15) is 0 Å². The molecule has 2 aromatic rings. The fourth-order valence-electron chi connectivity index (χ4n) is 4.81. The Labute approximate surface area is 198 Å². The van der Waals surface area contributed by atoms with Gasteiger partial charge in [-0.1, -0.05) is 35.9 Å². The molecule has 0 unspecified atom stereocenters. The van der Waals surface area contributed by atoms with Crippen LogP contribution in [-0.4, -0.2) is 39.5 Å². The minimum atomic E-state index is -0.0392. The Morgan fingerprint density at radius 1 is 1.09 bits per heavy atom. The molecule has 1 N–H and O–H groups in total. The minimum absolute atomic E-state index is 0.0392. The molecule has 0 bridgehead atoms. The van der Waals surface area contributed by atoms with E-state index in [4.69, 9.17) is 25.8 Å². The molecule has 0 spiro atoms. The number of halogens is 1. The number of ether oxygens (including phenoxy) is 3. The quantitative estimate of drug-likeness (QED) is 0.422. The van der Waals surface area contributed by atoms with E-state index in [0.717, 1.165) is 68.3 Å². The Hall–Kier alpha value is -1.75. The standard InChI is InChI=1S/C27H38ClNO3/c1-27(2)19-23(13-16-32-27)21(18-22-7-5-6-8-24(22)28)12-15-29-14-11-20-9-10-25(30-3)26(17-20)31-4/h5-10,17,21,23,29H,11-16,18-19H2,1-4H3/t21-,23+/m1/s1. The molecule has 176 valence electrons. The van der Waals surface area contributed by atoms with E-state index in [1.165, 1.54) is 11.1 Å². The number of rotatable bonds is 11. The van der Waals surface area contributed by atoms with Crippen LogP contribution < -0.4 is 14.8 Å². The fraction of sp³-hybridized carbons (Fsp3) is 0.556. The van der Waals surface area contributed by atoms with Crippen LogP contribution in [0.2, 0.25) is 5.02 Å². The summed E-state index contributed by atoms with van der Waals surface area (Å²) in [6.07, 6.45) is 5.35. The first-order valence-electron chi connectivity index (χ1n) is 11.7. The molecule has 1 saturated heterocycles. The zero-order valence-electron chi connectivity index (χ0n) is 20.0. The summed E-state index contributed by atoms with van der Waals surface area (Å²) in [5, 5.41) is 4.53. The predicted octanol–water partition coefficient (Wildman–Crippen LogP) is 5.94. The number of benzene rings is 2. The van der Waals surface area contributed by atoms with Crippen molar-refractivity contribution in [3.63, 3.8) is 0 Å². The van der Waals surface area contributed by atoms with Gasteiger partial charge in [0.1, 0.15) is 0 Å². The second-order valence-electron chi connectivity index (χ2n) is 9.39. The van der Waals surface area contributed by atoms with Crippen LogP contribution in [0.15, 0.2) is 42.5 Å². The Bertz CT molecular complexity index is 855. The van der Waals surface area contributed by atoms with E-state index >= 15 is 0 Å². The van der Waals surface area contributed by atoms with Gasteiger partial charge in [-0.25, -0.2) is 0 Å². The SMILES string of the molecule is COc1ccc(CCNCC[C@H](Cc2ccccc2Cl)[C@H]2CCOC(C)(C)C2)cc1OC. The highest BCUT2D eigenvalue weighted by molar-refractivity contribution is 6.31. The summed E-state index contributed by atoms with van der Waals surface area (Å²) in [6, 6.07) is 14.4. The zero-order valence-corrected chi connectivity index (χ0v) is 20.7. The predicted molar refractivity (Wildman–Crippen MR) is 132 cm³/mol. The molecular formula is C27H38ClNO3. The molecule has 1 aliphatic heterocycles. The van der Waals surface area contributed by atoms with Crippen molar-refractivity contribution in [2.24, 2.45) is 11.8 Å². The zero-order chi connectivity index (χ0) is 23.0. The monoisotopic (exact) mass is 459 g/mol. The second-order valence-corrected chi connectivity index (χ2v) is 9.80. The van der Waals surface area contributed by atoms with E-state index in [1.807, 2.05) is 18.2 Å². The van der Waals surface area contributed by atoms with Gasteiger partial charge in [0.05, 0.1) is 19.8 Å². The van der Waals surface area contributed by atoms with Gasteiger partial charge >= 0.3 is 0 Å². The first-order chi connectivity index (χ1) is 15.4. The largest absolute Gasteiger partial charge is 0.493 e. The van der Waals surface area contributed by atoms with Crippen LogP contribution in [0.1, 0.15) is 44.2 Å². The molecule has 1 aliphatic rings. The van der Waals surface area contributed by atoms with Crippen molar-refractivity contribution in [2.75, 3.05) is 33.9 Å². The van der Waals surface area contributed by atoms with Gasteiger partial charge in [0.2, 0.25) is 0 Å². The summed E-state index contributed by atoms with van der Waals surface area (Å²) >= 11 is 6.50. The van der Waals surface area contributed by atoms with Crippen LogP contribution in [0.4, 0.5) is 0 Å². The second kappa shape index (κ2) is 11.9. The maximum absolute atomic E-state index is 6.50. The summed E-state index contributed by atoms with van der Waals surface area (Å²) in [7, 11) is 3.34. The molecular weight excluding hydrogens is 422 g/mol. The summed E-state index contributed by atoms with van der Waals surface area (Å²) in [5.74, 6) is 2.80. The van der Waals surface area contributed by atoms with Crippen LogP contribution >= 0.6 is 11.6 Å². The van der Waals surface area contributed by atoms with E-state index in [2.05, 4.69) is 43.4 Å². The third-order valence-corrected chi connectivity index (χ3v) is 6.94. The van der Waals surface area contributed by atoms with Gasteiger partial charge in [0, 0.05) is 11.6 Å². The molecule has 2 atom stereocenters. The molecule has 1 fully saturated rings. The van der Waals surface area contributed by atoms with E-state index in [1.54, 1.807) is 14.2 Å². The van der Waals surface area contributed by atoms with Crippen LogP contribution in [0.3, 0.4) is 0 Å². The van der Waals surface area contributed by atoms with Crippen molar-refractivity contribution in [3.05, 3.63) is 58.6 Å². The topological polar surface area (TPSA) is 39.7 Å². The van der Waals surface area contributed by atoms with Gasteiger partial charge < -0.3 is 19.5 Å². The van der Waals surface area contributed by atoms with Crippen LogP contribution in [-0.2, 0) is 17.6 Å². The molecule has 5 heteroatoms. The van der Waals surface area contributed by atoms with Crippen molar-refractivity contribution in [1.29, 1.82) is 0 Å². The average Bonchev–Trinajstić information content (AvgIpc) is 2.78. The van der Waals surface area contributed by atoms with Gasteiger partial charge in [-0.3, -0.25) is 0 Å². The average molecular weight is 460 g/mol. The highest BCUT2D eigenvalue weighted by Crippen LogP contribution is 2.37. The van der Waals surface area contributed by atoms with Crippen LogP contribution in [0.5, 0.6) is 11.5 Å². The highest BCUT2D eigenvalue weighted by atomic mass is 35.5. The van der Waals surface area contributed by atoms with Crippen LogP contribution in [0.25, 0.3) is 0 Å². The minimum Gasteiger partial charge on any atom is -0.493 e. The van der Waals surface area contributed by atoms with Gasteiger partial charge in [-0.05, 0) is 100 Å². The van der Waals surface area contributed by atoms with E-state index in [0.29, 0.717) is 11.8 Å². The lowest BCUT2D eigenvalue weighted by atomic mass is 9.75. The number of nitrogens with one attached hydrogen (secondary N) is 1. The van der Waals surface area contributed by atoms with E-state index in [9.17, 15) is 0 Å². The third kappa shape index (κ3) is 7.13. The van der Waals surface area contributed by atoms with Gasteiger partial charge in [0.25, 0.3) is 0 Å². The van der Waals surface area contributed by atoms with Crippen molar-refractivity contribution in [2.45, 2.75) is 51.6 Å². The molecule has 0 saturated carbocycles. The molecule has 2 aromatic carbocycles. The number of hydrogen-bond acceptors (Lipinski definition) is 4. The van der Waals surface area contributed by atoms with Crippen molar-refractivity contribution in [3.8, 4) is 11.5 Å². The van der Waals surface area contributed by atoms with E-state index in [-0.39, 0.29) is 5.60 Å². The molecule has 0 radical (unpaired) electrons. The van der Waals surface area contributed by atoms with Gasteiger partial charge in [0.15, 0.2) is 11.5 Å². The molecule has 4 nitrogen and oxygen atoms in total. The van der Waals surface area contributed by atoms with Gasteiger partial charge in [-0.15, -0.1) is 0 Å². The Morgan fingerprint density at radius 2 is 1.88 bits per heavy atom. The highest BCUT2D eigenvalue weighted by Gasteiger charge is 2.33. The molecule has 0 aliphatic carbocycles. The molecule has 1 heterocycles. The third-order valence-electron chi connectivity index (χ3n) is 6.57. The first kappa shape index (κ1) is 24.9. The maximum atomic E-state index is 6.50.